The smallest absolute Gasteiger partial charge is 0.342 e. The topological polar surface area (TPSA) is 102 Å². The third-order valence-electron chi connectivity index (χ3n) is 4.95. The van der Waals surface area contributed by atoms with Gasteiger partial charge in [-0.2, -0.15) is 8.42 Å². The van der Waals surface area contributed by atoms with Crippen molar-refractivity contribution in [2.45, 2.75) is 24.3 Å². The van der Waals surface area contributed by atoms with Crippen molar-refractivity contribution in [1.29, 1.82) is 0 Å². The van der Waals surface area contributed by atoms with Crippen molar-refractivity contribution in [2.75, 3.05) is 5.32 Å². The molecule has 1 aliphatic rings. The van der Waals surface area contributed by atoms with Crippen LogP contribution in [0, 0.1) is 5.82 Å². The number of fused-ring (bicyclic) bond motifs is 1. The maximum absolute atomic E-state index is 14.6. The highest BCUT2D eigenvalue weighted by atomic mass is 32.2. The number of amides is 2. The highest BCUT2D eigenvalue weighted by molar-refractivity contribution is 7.87. The molecule has 0 bridgehead atoms. The maximum atomic E-state index is 14.6. The first-order valence-electron chi connectivity index (χ1n) is 9.81. The first-order valence-corrected chi connectivity index (χ1v) is 11.2. The van der Waals surface area contributed by atoms with Gasteiger partial charge in [-0.05, 0) is 41.8 Å². The molecule has 0 spiro atoms. The molecule has 1 heterocycles. The fraction of sp³-hybridized carbons (Fsp3) is 0.130. The Balaban J connectivity index is 1.58. The number of benzene rings is 3. The van der Waals surface area contributed by atoms with Crippen LogP contribution in [-0.4, -0.2) is 20.2 Å². The van der Waals surface area contributed by atoms with Gasteiger partial charge < -0.3 is 14.8 Å². The second-order valence-corrected chi connectivity index (χ2v) is 8.70. The van der Waals surface area contributed by atoms with Crippen molar-refractivity contribution in [3.05, 3.63) is 89.2 Å². The lowest BCUT2D eigenvalue weighted by Crippen LogP contribution is -2.24. The number of carbonyl (C=O) groups is 2. The predicted octanol–water partition coefficient (Wildman–Crippen LogP) is 3.41. The summed E-state index contributed by atoms with van der Waals surface area (Å²) in [6.45, 7) is 0.242. The third kappa shape index (κ3) is 4.62. The van der Waals surface area contributed by atoms with Crippen molar-refractivity contribution in [2.24, 2.45) is 0 Å². The van der Waals surface area contributed by atoms with Crippen molar-refractivity contribution in [3.8, 4) is 5.75 Å². The van der Waals surface area contributed by atoms with Gasteiger partial charge in [0.15, 0.2) is 5.75 Å². The summed E-state index contributed by atoms with van der Waals surface area (Å²) in [5.74, 6) is -2.08. The quantitative estimate of drug-likeness (QED) is 0.556. The molecule has 164 valence electrons. The Bertz CT molecular complexity index is 1290. The summed E-state index contributed by atoms with van der Waals surface area (Å²) >= 11 is 0. The van der Waals surface area contributed by atoms with Crippen LogP contribution in [0.5, 0.6) is 5.75 Å². The van der Waals surface area contributed by atoms with E-state index in [-0.39, 0.29) is 42.3 Å². The fourth-order valence-electron chi connectivity index (χ4n) is 3.33. The number of hydrogen-bond acceptors (Lipinski definition) is 5. The molecular weight excluding hydrogens is 435 g/mol. The SMILES string of the molecule is O=C1CCc2cc(S(=O)(=O)Oc3ccccc3C(=O)NCc3ccccc3)c(F)cc2N1. The number of aryl methyl sites for hydroxylation is 1. The Kier molecular flexibility index (Phi) is 5.91. The van der Waals surface area contributed by atoms with Crippen molar-refractivity contribution in [3.63, 3.8) is 0 Å². The highest BCUT2D eigenvalue weighted by Gasteiger charge is 2.27. The van der Waals surface area contributed by atoms with Crippen LogP contribution < -0.4 is 14.8 Å². The van der Waals surface area contributed by atoms with Crippen LogP contribution in [0.15, 0.2) is 71.6 Å². The lowest BCUT2D eigenvalue weighted by molar-refractivity contribution is -0.116. The van der Waals surface area contributed by atoms with Crippen LogP contribution in [0.4, 0.5) is 10.1 Å². The fourth-order valence-corrected chi connectivity index (χ4v) is 4.39. The summed E-state index contributed by atoms with van der Waals surface area (Å²) in [5, 5.41) is 5.22. The van der Waals surface area contributed by atoms with Gasteiger partial charge in [0.1, 0.15) is 10.7 Å². The molecule has 0 aliphatic carbocycles. The summed E-state index contributed by atoms with van der Waals surface area (Å²) < 4.78 is 45.4. The Morgan fingerprint density at radius 3 is 2.53 bits per heavy atom. The third-order valence-corrected chi connectivity index (χ3v) is 6.20. The summed E-state index contributed by atoms with van der Waals surface area (Å²) in [4.78, 5) is 23.5. The number of rotatable bonds is 6. The molecule has 2 N–H and O–H groups in total. The minimum Gasteiger partial charge on any atom is -0.378 e. The lowest BCUT2D eigenvalue weighted by atomic mass is 10.0. The number of carbonyl (C=O) groups excluding carboxylic acids is 2. The Labute approximate surface area is 184 Å². The van der Waals surface area contributed by atoms with E-state index in [1.165, 1.54) is 18.2 Å². The molecule has 2 amide bonds. The largest absolute Gasteiger partial charge is 0.378 e. The second-order valence-electron chi connectivity index (χ2n) is 7.19. The number of para-hydroxylation sites is 1. The van der Waals surface area contributed by atoms with Gasteiger partial charge in [0, 0.05) is 18.7 Å². The molecule has 32 heavy (non-hydrogen) atoms. The van der Waals surface area contributed by atoms with E-state index >= 15 is 0 Å². The first-order chi connectivity index (χ1) is 15.3. The molecule has 0 fully saturated rings. The van der Waals surface area contributed by atoms with Gasteiger partial charge in [0.25, 0.3) is 5.91 Å². The van der Waals surface area contributed by atoms with E-state index in [9.17, 15) is 22.4 Å². The Hall–Kier alpha value is -3.72. The van der Waals surface area contributed by atoms with Crippen molar-refractivity contribution in [1.82, 2.24) is 5.32 Å². The normalized spacial score (nSPS) is 13.1. The molecule has 0 atom stereocenters. The van der Waals surface area contributed by atoms with E-state index in [1.807, 2.05) is 30.3 Å². The van der Waals surface area contributed by atoms with Gasteiger partial charge in [0.05, 0.1) is 5.56 Å². The number of halogens is 1. The molecule has 0 radical (unpaired) electrons. The molecule has 7 nitrogen and oxygen atoms in total. The average Bonchev–Trinajstić information content (AvgIpc) is 2.77. The minimum absolute atomic E-state index is 0.00219. The van der Waals surface area contributed by atoms with Gasteiger partial charge in [-0.1, -0.05) is 42.5 Å². The van der Waals surface area contributed by atoms with E-state index < -0.39 is 26.7 Å². The van der Waals surface area contributed by atoms with Crippen LogP contribution >= 0.6 is 0 Å². The molecule has 0 saturated heterocycles. The Morgan fingerprint density at radius 1 is 1.03 bits per heavy atom. The second kappa shape index (κ2) is 8.80. The van der Waals surface area contributed by atoms with E-state index in [1.54, 1.807) is 6.07 Å². The van der Waals surface area contributed by atoms with Crippen LogP contribution in [0.1, 0.15) is 27.9 Å². The van der Waals surface area contributed by atoms with Gasteiger partial charge in [0.2, 0.25) is 5.91 Å². The zero-order valence-corrected chi connectivity index (χ0v) is 17.6. The van der Waals surface area contributed by atoms with Crippen LogP contribution in [0.3, 0.4) is 0 Å². The number of nitrogens with one attached hydrogen (secondary N) is 2. The monoisotopic (exact) mass is 454 g/mol. The van der Waals surface area contributed by atoms with Gasteiger partial charge in [-0.15, -0.1) is 0 Å². The molecule has 0 saturated carbocycles. The van der Waals surface area contributed by atoms with Gasteiger partial charge in [-0.3, -0.25) is 9.59 Å². The van der Waals surface area contributed by atoms with Gasteiger partial charge in [-0.25, -0.2) is 4.39 Å². The zero-order chi connectivity index (χ0) is 22.7. The predicted molar refractivity (Wildman–Crippen MR) is 115 cm³/mol. The van der Waals surface area contributed by atoms with E-state index in [4.69, 9.17) is 4.18 Å². The van der Waals surface area contributed by atoms with Crippen LogP contribution in [0.25, 0.3) is 0 Å². The minimum atomic E-state index is -4.58. The summed E-state index contributed by atoms with van der Waals surface area (Å²) in [7, 11) is -4.58. The number of hydrogen-bond donors (Lipinski definition) is 2. The highest BCUT2D eigenvalue weighted by Crippen LogP contribution is 2.30. The summed E-state index contributed by atoms with van der Waals surface area (Å²) in [5.41, 5.74) is 1.59. The first kappa shape index (κ1) is 21.5. The number of anilines is 1. The van der Waals surface area contributed by atoms with E-state index in [0.717, 1.165) is 17.7 Å². The zero-order valence-electron chi connectivity index (χ0n) is 16.8. The molecule has 9 heteroatoms. The molecular formula is C23H19FN2O5S. The van der Waals surface area contributed by atoms with Crippen molar-refractivity contribution >= 4 is 27.6 Å². The molecule has 3 aromatic carbocycles. The molecule has 4 rings (SSSR count). The van der Waals surface area contributed by atoms with Crippen molar-refractivity contribution < 1.29 is 26.6 Å². The van der Waals surface area contributed by atoms with Gasteiger partial charge >= 0.3 is 10.1 Å². The molecule has 0 unspecified atom stereocenters. The lowest BCUT2D eigenvalue weighted by Gasteiger charge is -2.18. The standard InChI is InChI=1S/C23H19FN2O5S/c24-18-13-19-16(10-11-22(27)26-19)12-21(18)32(29,30)31-20-9-5-4-8-17(20)23(28)25-14-15-6-2-1-3-7-15/h1-9,12-13H,10-11,14H2,(H,25,28)(H,26,27). The summed E-state index contributed by atoms with van der Waals surface area (Å²) in [6, 6.07) is 17.1. The average molecular weight is 454 g/mol. The maximum Gasteiger partial charge on any atom is 0.342 e. The molecule has 0 aromatic heterocycles. The molecule has 3 aromatic rings. The Morgan fingerprint density at radius 2 is 1.75 bits per heavy atom. The van der Waals surface area contributed by atoms with E-state index in [0.29, 0.717) is 5.56 Å². The van der Waals surface area contributed by atoms with E-state index in [2.05, 4.69) is 10.6 Å². The van der Waals surface area contributed by atoms with Crippen LogP contribution in [0.2, 0.25) is 0 Å². The summed E-state index contributed by atoms with van der Waals surface area (Å²) in [6.07, 6.45) is 0.450. The van der Waals surface area contributed by atoms with Crippen LogP contribution in [-0.2, 0) is 27.9 Å². The molecule has 1 aliphatic heterocycles.